The minimum Gasteiger partial charge on any atom is -0.347 e. The molecule has 38 heavy (non-hydrogen) atoms. The van der Waals surface area contributed by atoms with E-state index in [0.717, 1.165) is 6.42 Å². The second-order valence-electron chi connectivity index (χ2n) is 8.79. The number of hydrogen-bond donors (Lipinski definition) is 1. The predicted molar refractivity (Wildman–Crippen MR) is 146 cm³/mol. The number of nitrogens with zero attached hydrogens (tertiary/aromatic N) is 4. The van der Waals surface area contributed by atoms with Crippen molar-refractivity contribution in [3.05, 3.63) is 62.6 Å². The highest BCUT2D eigenvalue weighted by atomic mass is 19.1. The highest BCUT2D eigenvalue weighted by Gasteiger charge is 2.33. The molecular formula is C28H42FN5O4. The molecule has 0 saturated carbocycles. The Morgan fingerprint density at radius 3 is 2.26 bits per heavy atom. The molecule has 1 N–H and O–H groups in total. The largest absolute Gasteiger partial charge is 0.347 e. The lowest BCUT2D eigenvalue weighted by Gasteiger charge is -2.28. The molecule has 210 valence electrons. The zero-order valence-electron chi connectivity index (χ0n) is 24.1. The maximum Gasteiger partial charge on any atom is 0.312 e. The number of aryl methyl sites for hydroxylation is 1. The van der Waals surface area contributed by atoms with Crippen molar-refractivity contribution in [1.82, 2.24) is 24.7 Å². The first-order valence-corrected chi connectivity index (χ1v) is 13.2. The van der Waals surface area contributed by atoms with Crippen LogP contribution in [-0.4, -0.2) is 58.2 Å². The Labute approximate surface area is 225 Å². The molecule has 1 aromatic carbocycles. The number of carbonyl (C=O) groups is 3. The van der Waals surface area contributed by atoms with Crippen molar-refractivity contribution < 1.29 is 18.8 Å². The Kier molecular flexibility index (Phi) is 12.8. The number of nitrogens with one attached hydrogen (secondary N) is 1. The Bertz CT molecular complexity index is 1190. The van der Waals surface area contributed by atoms with E-state index < -0.39 is 23.8 Å². The van der Waals surface area contributed by atoms with Gasteiger partial charge in [-0.1, -0.05) is 39.8 Å². The number of benzene rings is 1. The monoisotopic (exact) mass is 531 g/mol. The third-order valence-corrected chi connectivity index (χ3v) is 6.10. The van der Waals surface area contributed by atoms with Crippen molar-refractivity contribution in [2.45, 2.75) is 79.9 Å². The summed E-state index contributed by atoms with van der Waals surface area (Å²) in [5, 5.41) is 2.74. The lowest BCUT2D eigenvalue weighted by atomic mass is 10.1. The molecule has 0 radical (unpaired) electrons. The van der Waals surface area contributed by atoms with Crippen LogP contribution in [0.5, 0.6) is 0 Å². The molecule has 1 aromatic heterocycles. The lowest BCUT2D eigenvalue weighted by molar-refractivity contribution is -0.151. The summed E-state index contributed by atoms with van der Waals surface area (Å²) in [7, 11) is 4.49. The number of carbonyl (C=O) groups excluding carboxylic acids is 3. The van der Waals surface area contributed by atoms with Gasteiger partial charge in [-0.2, -0.15) is 0 Å². The summed E-state index contributed by atoms with van der Waals surface area (Å²) < 4.78 is 15.0. The fourth-order valence-electron chi connectivity index (χ4n) is 4.03. The molecular weight excluding hydrogens is 489 g/mol. The van der Waals surface area contributed by atoms with E-state index in [4.69, 9.17) is 0 Å². The minimum absolute atomic E-state index is 0.0261. The van der Waals surface area contributed by atoms with E-state index in [-0.39, 0.29) is 29.2 Å². The number of fused-ring (bicyclic) bond motifs is 1. The Morgan fingerprint density at radius 1 is 1.05 bits per heavy atom. The average molecular weight is 532 g/mol. The van der Waals surface area contributed by atoms with Crippen molar-refractivity contribution in [3.63, 3.8) is 0 Å². The van der Waals surface area contributed by atoms with Crippen LogP contribution in [0, 0.1) is 19.7 Å². The van der Waals surface area contributed by atoms with Gasteiger partial charge < -0.3 is 15.1 Å². The number of amides is 3. The van der Waals surface area contributed by atoms with Gasteiger partial charge >= 0.3 is 11.8 Å². The summed E-state index contributed by atoms with van der Waals surface area (Å²) in [6.45, 7) is 11.7. The van der Waals surface area contributed by atoms with Gasteiger partial charge in [-0.05, 0) is 50.3 Å². The first-order chi connectivity index (χ1) is 18.0. The van der Waals surface area contributed by atoms with Gasteiger partial charge in [0, 0.05) is 39.8 Å². The molecule has 3 amide bonds. The van der Waals surface area contributed by atoms with E-state index in [2.05, 4.69) is 10.3 Å². The average Bonchev–Trinajstić information content (AvgIpc) is 3.14. The molecule has 0 fully saturated rings. The molecule has 10 heteroatoms. The topological polar surface area (TPSA) is 105 Å². The first kappa shape index (κ1) is 32.5. The molecule has 0 spiro atoms. The van der Waals surface area contributed by atoms with E-state index in [0.29, 0.717) is 36.3 Å². The zero-order chi connectivity index (χ0) is 29.2. The first-order valence-electron chi connectivity index (χ1n) is 13.2. The Morgan fingerprint density at radius 2 is 1.68 bits per heavy atom. The van der Waals surface area contributed by atoms with Crippen LogP contribution >= 0.6 is 0 Å². The van der Waals surface area contributed by atoms with Gasteiger partial charge in [0.1, 0.15) is 17.3 Å². The summed E-state index contributed by atoms with van der Waals surface area (Å²) in [4.78, 5) is 58.1. The predicted octanol–water partition coefficient (Wildman–Crippen LogP) is 3.75. The Balaban J connectivity index is 0.00000172. The fraction of sp³-hybridized carbons (Fsp3) is 0.536. The van der Waals surface area contributed by atoms with Gasteiger partial charge in [0.25, 0.3) is 11.5 Å². The van der Waals surface area contributed by atoms with Crippen molar-refractivity contribution >= 4 is 17.7 Å². The van der Waals surface area contributed by atoms with Crippen molar-refractivity contribution in [2.75, 3.05) is 21.1 Å². The van der Waals surface area contributed by atoms with E-state index >= 15 is 0 Å². The molecule has 1 unspecified atom stereocenters. The van der Waals surface area contributed by atoms with Crippen LogP contribution in [0.3, 0.4) is 0 Å². The molecule has 1 atom stereocenters. The number of hydrogen-bond acceptors (Lipinski definition) is 5. The molecule has 0 saturated heterocycles. The van der Waals surface area contributed by atoms with Gasteiger partial charge in [0.15, 0.2) is 0 Å². The minimum atomic E-state index is -0.712. The lowest BCUT2D eigenvalue weighted by Crippen LogP contribution is -2.44. The van der Waals surface area contributed by atoms with Gasteiger partial charge in [-0.15, -0.1) is 0 Å². The van der Waals surface area contributed by atoms with E-state index in [9.17, 15) is 23.6 Å². The summed E-state index contributed by atoms with van der Waals surface area (Å²) >= 11 is 0. The molecule has 3 rings (SSSR count). The van der Waals surface area contributed by atoms with Crippen LogP contribution < -0.4 is 10.9 Å². The normalized spacial score (nSPS) is 13.9. The molecule has 1 aliphatic rings. The summed E-state index contributed by atoms with van der Waals surface area (Å²) in [6.07, 6.45) is 1.95. The second kappa shape index (κ2) is 15.0. The second-order valence-corrected chi connectivity index (χ2v) is 8.79. The molecule has 9 nitrogen and oxygen atoms in total. The van der Waals surface area contributed by atoms with Gasteiger partial charge in [0.2, 0.25) is 0 Å². The van der Waals surface area contributed by atoms with Crippen LogP contribution in [-0.2, 0) is 22.7 Å². The van der Waals surface area contributed by atoms with Crippen molar-refractivity contribution in [1.29, 1.82) is 0 Å². The third kappa shape index (κ3) is 7.49. The zero-order valence-corrected chi connectivity index (χ0v) is 24.1. The highest BCUT2D eigenvalue weighted by molar-refractivity contribution is 6.34. The summed E-state index contributed by atoms with van der Waals surface area (Å²) in [5.41, 5.74) is 1.01. The van der Waals surface area contributed by atoms with Gasteiger partial charge in [-0.3, -0.25) is 23.7 Å². The number of aromatic nitrogens is 2. The Hall–Kier alpha value is -3.56. The summed E-state index contributed by atoms with van der Waals surface area (Å²) in [5.74, 6) is -1.97. The SMILES string of the molecule is CC.CC.Cc1cc(CNC(=O)c2nc3n(c(=O)c2C)CCCCC3N(C)C(=O)C(=O)N(C)C)ccc1F. The van der Waals surface area contributed by atoms with Crippen molar-refractivity contribution in [3.8, 4) is 0 Å². The van der Waals surface area contributed by atoms with Crippen LogP contribution in [0.25, 0.3) is 0 Å². The molecule has 1 aliphatic heterocycles. The molecule has 2 heterocycles. The number of rotatable bonds is 4. The highest BCUT2D eigenvalue weighted by Crippen LogP contribution is 2.27. The molecule has 2 aromatic rings. The van der Waals surface area contributed by atoms with Crippen LogP contribution in [0.1, 0.15) is 86.0 Å². The smallest absolute Gasteiger partial charge is 0.312 e. The fourth-order valence-corrected chi connectivity index (χ4v) is 4.03. The van der Waals surface area contributed by atoms with Gasteiger partial charge in [-0.25, -0.2) is 9.37 Å². The number of likely N-dealkylation sites (N-methyl/N-ethyl adjacent to an activating group) is 2. The maximum absolute atomic E-state index is 13.5. The number of halogens is 1. The molecule has 0 aliphatic carbocycles. The van der Waals surface area contributed by atoms with Gasteiger partial charge in [0.05, 0.1) is 6.04 Å². The van der Waals surface area contributed by atoms with E-state index in [1.807, 2.05) is 27.7 Å². The van der Waals surface area contributed by atoms with E-state index in [1.54, 1.807) is 26.0 Å². The van der Waals surface area contributed by atoms with Crippen LogP contribution in [0.4, 0.5) is 4.39 Å². The summed E-state index contributed by atoms with van der Waals surface area (Å²) in [6, 6.07) is 3.92. The van der Waals surface area contributed by atoms with Crippen molar-refractivity contribution in [2.24, 2.45) is 0 Å². The van der Waals surface area contributed by atoms with Crippen LogP contribution in [0.2, 0.25) is 0 Å². The third-order valence-electron chi connectivity index (χ3n) is 6.10. The maximum atomic E-state index is 13.5. The quantitative estimate of drug-likeness (QED) is 0.605. The van der Waals surface area contributed by atoms with E-state index in [1.165, 1.54) is 41.6 Å². The molecule has 0 bridgehead atoms. The standard InChI is InChI=1S/C24H30FN5O4.2C2H6/c1-14-12-16(9-10-17(14)25)13-26-21(31)19-15(2)22(32)30-11-7-6-8-18(20(30)27-19)29(5)24(34)23(33)28(3)4;2*1-2/h9-10,12,18H,6-8,11,13H2,1-5H3,(H,26,31);2*1-2H3. The van der Waals surface area contributed by atoms with Crippen LogP contribution in [0.15, 0.2) is 23.0 Å².